The van der Waals surface area contributed by atoms with Crippen molar-refractivity contribution in [3.05, 3.63) is 46.6 Å². The summed E-state index contributed by atoms with van der Waals surface area (Å²) < 4.78 is 23.9. The molecule has 0 N–H and O–H groups in total. The van der Waals surface area contributed by atoms with E-state index in [1.807, 2.05) is 17.0 Å². The third-order valence-corrected chi connectivity index (χ3v) is 5.41. The average molecular weight is 377 g/mol. The van der Waals surface area contributed by atoms with Crippen LogP contribution in [0.2, 0.25) is 0 Å². The van der Waals surface area contributed by atoms with E-state index in [1.165, 1.54) is 12.1 Å². The minimum absolute atomic E-state index is 0.255. The van der Waals surface area contributed by atoms with Gasteiger partial charge in [0.15, 0.2) is 15.7 Å². The topological polar surface area (TPSA) is 110 Å². The van der Waals surface area contributed by atoms with Gasteiger partial charge in [0, 0.05) is 50.4 Å². The van der Waals surface area contributed by atoms with Crippen molar-refractivity contribution in [2.45, 2.75) is 11.3 Å². The number of aromatic nitrogens is 2. The number of rotatable bonds is 4. The van der Waals surface area contributed by atoms with E-state index in [9.17, 15) is 18.5 Å². The van der Waals surface area contributed by atoms with E-state index >= 15 is 0 Å². The highest BCUT2D eigenvalue weighted by Gasteiger charge is 2.24. The van der Waals surface area contributed by atoms with Crippen LogP contribution in [0.4, 0.5) is 17.2 Å². The molecule has 0 spiro atoms. The minimum Gasteiger partial charge on any atom is -0.370 e. The van der Waals surface area contributed by atoms with E-state index in [-0.39, 0.29) is 4.90 Å². The lowest BCUT2D eigenvalue weighted by atomic mass is 10.2. The molecule has 0 saturated carbocycles. The van der Waals surface area contributed by atoms with Gasteiger partial charge in [0.25, 0.3) is 5.69 Å². The molecule has 1 aliphatic rings. The Bertz CT molecular complexity index is 904. The van der Waals surface area contributed by atoms with Crippen molar-refractivity contribution >= 4 is 27.0 Å². The zero-order chi connectivity index (χ0) is 18.7. The molecule has 9 nitrogen and oxygen atoms in total. The number of hydrogen-bond acceptors (Lipinski definition) is 8. The van der Waals surface area contributed by atoms with Crippen molar-refractivity contribution in [2.24, 2.45) is 0 Å². The Kier molecular flexibility index (Phi) is 5.03. The van der Waals surface area contributed by atoms with Gasteiger partial charge in [-0.15, -0.1) is 5.10 Å². The molecule has 1 aromatic heterocycles. The van der Waals surface area contributed by atoms with Crippen LogP contribution in [0.15, 0.2) is 41.4 Å². The predicted octanol–water partition coefficient (Wildman–Crippen LogP) is 1.50. The quantitative estimate of drug-likeness (QED) is 0.582. The number of anilines is 2. The molecule has 10 heteroatoms. The van der Waals surface area contributed by atoms with Crippen LogP contribution in [0.1, 0.15) is 6.42 Å². The molecule has 1 saturated heterocycles. The molecule has 26 heavy (non-hydrogen) atoms. The summed E-state index contributed by atoms with van der Waals surface area (Å²) >= 11 is 0. The molecule has 0 unspecified atom stereocenters. The van der Waals surface area contributed by atoms with Crippen LogP contribution in [-0.4, -0.2) is 56.0 Å². The van der Waals surface area contributed by atoms with Gasteiger partial charge in [0.05, 0.1) is 4.92 Å². The van der Waals surface area contributed by atoms with E-state index in [2.05, 4.69) is 15.1 Å². The first-order valence-corrected chi connectivity index (χ1v) is 10.0. The van der Waals surface area contributed by atoms with Crippen LogP contribution in [-0.2, 0) is 9.84 Å². The Balaban J connectivity index is 1.85. The van der Waals surface area contributed by atoms with Gasteiger partial charge >= 0.3 is 0 Å². The van der Waals surface area contributed by atoms with Gasteiger partial charge in [-0.25, -0.2) is 8.42 Å². The normalized spacial score (nSPS) is 15.6. The Labute approximate surface area is 151 Å². The summed E-state index contributed by atoms with van der Waals surface area (Å²) in [6.45, 7) is 2.88. The van der Waals surface area contributed by atoms with Crippen LogP contribution < -0.4 is 9.80 Å². The minimum atomic E-state index is -3.70. The van der Waals surface area contributed by atoms with Crippen molar-refractivity contribution < 1.29 is 13.3 Å². The highest BCUT2D eigenvalue weighted by molar-refractivity contribution is 7.90. The number of sulfone groups is 1. The van der Waals surface area contributed by atoms with Crippen LogP contribution in [0.25, 0.3) is 0 Å². The number of benzene rings is 1. The van der Waals surface area contributed by atoms with E-state index in [0.717, 1.165) is 31.6 Å². The molecule has 2 aromatic rings. The van der Waals surface area contributed by atoms with E-state index in [4.69, 9.17) is 0 Å². The summed E-state index contributed by atoms with van der Waals surface area (Å²) in [5, 5.41) is 19.1. The number of hydrogen-bond donors (Lipinski definition) is 0. The fourth-order valence-corrected chi connectivity index (χ4v) is 3.87. The molecule has 0 amide bonds. The van der Waals surface area contributed by atoms with Gasteiger partial charge in [0.2, 0.25) is 0 Å². The van der Waals surface area contributed by atoms with Crippen molar-refractivity contribution in [1.82, 2.24) is 10.2 Å². The summed E-state index contributed by atoms with van der Waals surface area (Å²) in [5.41, 5.74) is 0.268. The Morgan fingerprint density at radius 1 is 1.12 bits per heavy atom. The van der Waals surface area contributed by atoms with Gasteiger partial charge < -0.3 is 9.80 Å². The molecule has 0 atom stereocenters. The molecule has 0 aliphatic carbocycles. The maximum Gasteiger partial charge on any atom is 0.288 e. The Morgan fingerprint density at radius 2 is 1.85 bits per heavy atom. The lowest BCUT2D eigenvalue weighted by Gasteiger charge is -2.24. The van der Waals surface area contributed by atoms with Gasteiger partial charge in [-0.3, -0.25) is 10.1 Å². The fraction of sp³-hybridized carbons (Fsp3) is 0.375. The van der Waals surface area contributed by atoms with Crippen LogP contribution >= 0.6 is 0 Å². The maximum absolute atomic E-state index is 12.0. The first-order valence-electron chi connectivity index (χ1n) is 8.12. The Morgan fingerprint density at radius 3 is 2.50 bits per heavy atom. The molecular weight excluding hydrogens is 358 g/mol. The van der Waals surface area contributed by atoms with Crippen molar-refractivity contribution in [2.75, 3.05) is 42.2 Å². The summed E-state index contributed by atoms with van der Waals surface area (Å²) in [6, 6.07) is 7.99. The molecule has 1 fully saturated rings. The summed E-state index contributed by atoms with van der Waals surface area (Å²) in [6.07, 6.45) is 3.45. The highest BCUT2D eigenvalue weighted by Crippen LogP contribution is 2.29. The SMILES string of the molecule is CS(=O)(=O)c1cc(N2CCCN(c3cccnn3)CC2)ccc1[N+](=O)[O-]. The molecule has 0 bridgehead atoms. The number of nitro benzene ring substituents is 1. The van der Waals surface area contributed by atoms with E-state index < -0.39 is 20.4 Å². The lowest BCUT2D eigenvalue weighted by Crippen LogP contribution is -2.31. The first kappa shape index (κ1) is 18.1. The molecule has 2 heterocycles. The zero-order valence-corrected chi connectivity index (χ0v) is 15.1. The largest absolute Gasteiger partial charge is 0.370 e. The summed E-state index contributed by atoms with van der Waals surface area (Å²) in [5.74, 6) is 0.801. The van der Waals surface area contributed by atoms with Crippen LogP contribution in [0, 0.1) is 10.1 Å². The van der Waals surface area contributed by atoms with Gasteiger partial charge in [-0.2, -0.15) is 5.10 Å². The number of nitro groups is 1. The molecule has 1 aromatic carbocycles. The second kappa shape index (κ2) is 7.24. The second-order valence-electron chi connectivity index (χ2n) is 6.09. The van der Waals surface area contributed by atoms with E-state index in [1.54, 1.807) is 12.3 Å². The third-order valence-electron chi connectivity index (χ3n) is 4.28. The molecule has 3 rings (SSSR count). The zero-order valence-electron chi connectivity index (χ0n) is 14.3. The average Bonchev–Trinajstić information content (AvgIpc) is 2.87. The molecule has 0 radical (unpaired) electrons. The van der Waals surface area contributed by atoms with Crippen molar-refractivity contribution in [1.29, 1.82) is 0 Å². The van der Waals surface area contributed by atoms with Crippen molar-refractivity contribution in [3.63, 3.8) is 0 Å². The highest BCUT2D eigenvalue weighted by atomic mass is 32.2. The fourth-order valence-electron chi connectivity index (χ4n) is 3.01. The monoisotopic (exact) mass is 377 g/mol. The van der Waals surface area contributed by atoms with Crippen molar-refractivity contribution in [3.8, 4) is 0 Å². The standard InChI is InChI=1S/C16H19N5O4S/c1-26(24,25)15-12-13(5-6-14(15)21(22)23)19-8-3-9-20(11-10-19)16-4-2-7-17-18-16/h2,4-7,12H,3,8-11H2,1H3. The second-order valence-corrected chi connectivity index (χ2v) is 8.07. The van der Waals surface area contributed by atoms with Crippen LogP contribution in [0.3, 0.4) is 0 Å². The molecule has 1 aliphatic heterocycles. The molecule has 138 valence electrons. The smallest absolute Gasteiger partial charge is 0.288 e. The summed E-state index contributed by atoms with van der Waals surface area (Å²) in [4.78, 5) is 14.4. The Hall–Kier alpha value is -2.75. The van der Waals surface area contributed by atoms with Gasteiger partial charge in [0.1, 0.15) is 4.90 Å². The lowest BCUT2D eigenvalue weighted by molar-refractivity contribution is -0.387. The number of nitrogens with zero attached hydrogens (tertiary/aromatic N) is 5. The van der Waals surface area contributed by atoms with Crippen LogP contribution in [0.5, 0.6) is 0 Å². The third kappa shape index (κ3) is 3.90. The van der Waals surface area contributed by atoms with Gasteiger partial charge in [-0.05, 0) is 30.7 Å². The van der Waals surface area contributed by atoms with E-state index in [0.29, 0.717) is 18.8 Å². The van der Waals surface area contributed by atoms with Gasteiger partial charge in [-0.1, -0.05) is 0 Å². The molecular formula is C16H19N5O4S. The predicted molar refractivity (Wildman–Crippen MR) is 97.3 cm³/mol. The first-order chi connectivity index (χ1) is 12.4. The maximum atomic E-state index is 12.0. The summed E-state index contributed by atoms with van der Waals surface area (Å²) in [7, 11) is -3.70.